The van der Waals surface area contributed by atoms with Gasteiger partial charge in [0.2, 0.25) is 10.0 Å². The molecule has 9 heteroatoms. The fraction of sp³-hybridized carbons (Fsp3) is 0.118. The van der Waals surface area contributed by atoms with Gasteiger partial charge in [0, 0.05) is 5.39 Å². The average molecular weight is 371 g/mol. The van der Waals surface area contributed by atoms with Gasteiger partial charge in [0.05, 0.1) is 23.8 Å². The van der Waals surface area contributed by atoms with Gasteiger partial charge in [-0.15, -0.1) is 10.2 Å². The second-order valence-corrected chi connectivity index (χ2v) is 7.60. The van der Waals surface area contributed by atoms with E-state index in [1.165, 1.54) is 6.07 Å². The fourth-order valence-electron chi connectivity index (χ4n) is 2.92. The number of fused-ring (bicyclic) bond motifs is 3. The largest absolute Gasteiger partial charge is 0.258 e. The van der Waals surface area contributed by atoms with Gasteiger partial charge >= 0.3 is 0 Å². The molecule has 0 unspecified atom stereocenters. The molecular weight excluding hydrogens is 357 g/mol. The number of aromatic nitrogens is 4. The van der Waals surface area contributed by atoms with E-state index in [9.17, 15) is 12.8 Å². The SMILES string of the molecule is Cc1ccc2c(c1)nnc1cnn(Cc3ccc(S(N)(=O)=O)c(F)c3)c12. The highest BCUT2D eigenvalue weighted by atomic mass is 32.2. The molecule has 0 aliphatic heterocycles. The maximum atomic E-state index is 14.1. The predicted molar refractivity (Wildman–Crippen MR) is 94.4 cm³/mol. The summed E-state index contributed by atoms with van der Waals surface area (Å²) in [6, 6.07) is 9.67. The van der Waals surface area contributed by atoms with E-state index in [1.807, 2.05) is 25.1 Å². The van der Waals surface area contributed by atoms with Crippen LogP contribution >= 0.6 is 0 Å². The van der Waals surface area contributed by atoms with Gasteiger partial charge in [0.1, 0.15) is 16.2 Å². The maximum Gasteiger partial charge on any atom is 0.240 e. The number of rotatable bonds is 3. The first-order valence-corrected chi connectivity index (χ1v) is 9.27. The van der Waals surface area contributed by atoms with Crippen molar-refractivity contribution in [3.05, 3.63) is 59.5 Å². The standard InChI is InChI=1S/C17H14FN5O2S/c1-10-2-4-12-14(6-10)21-22-15-8-20-23(17(12)15)9-11-3-5-16(13(18)7-11)26(19,24)25/h2-8H,9H2,1H3,(H2,19,24,25). The number of aryl methyl sites for hydroxylation is 1. The molecule has 0 atom stereocenters. The Morgan fingerprint density at radius 3 is 2.62 bits per heavy atom. The van der Waals surface area contributed by atoms with Gasteiger partial charge in [-0.2, -0.15) is 5.10 Å². The number of primary sulfonamides is 1. The Kier molecular flexibility index (Phi) is 3.70. The van der Waals surface area contributed by atoms with Crippen LogP contribution in [0.1, 0.15) is 11.1 Å². The van der Waals surface area contributed by atoms with Gasteiger partial charge < -0.3 is 0 Å². The van der Waals surface area contributed by atoms with Crippen LogP contribution in [0.3, 0.4) is 0 Å². The van der Waals surface area contributed by atoms with Gasteiger partial charge in [-0.05, 0) is 36.2 Å². The van der Waals surface area contributed by atoms with Gasteiger partial charge in [-0.3, -0.25) is 4.68 Å². The molecule has 0 bridgehead atoms. The summed E-state index contributed by atoms with van der Waals surface area (Å²) < 4.78 is 38.4. The molecule has 7 nitrogen and oxygen atoms in total. The lowest BCUT2D eigenvalue weighted by molar-refractivity contribution is 0.565. The third kappa shape index (κ3) is 2.80. The smallest absolute Gasteiger partial charge is 0.240 e. The van der Waals surface area contributed by atoms with Crippen molar-refractivity contribution in [1.82, 2.24) is 20.0 Å². The first-order valence-electron chi connectivity index (χ1n) is 7.73. The minimum absolute atomic E-state index is 0.250. The van der Waals surface area contributed by atoms with E-state index in [-0.39, 0.29) is 6.54 Å². The van der Waals surface area contributed by atoms with Gasteiger partial charge in [-0.1, -0.05) is 18.2 Å². The molecule has 26 heavy (non-hydrogen) atoms. The first-order chi connectivity index (χ1) is 12.3. The van der Waals surface area contributed by atoms with Crippen molar-refractivity contribution in [3.8, 4) is 0 Å². The number of nitrogens with two attached hydrogens (primary N) is 1. The summed E-state index contributed by atoms with van der Waals surface area (Å²) in [5.41, 5.74) is 3.78. The van der Waals surface area contributed by atoms with E-state index < -0.39 is 20.7 Å². The Morgan fingerprint density at radius 1 is 1.12 bits per heavy atom. The number of hydrogen-bond acceptors (Lipinski definition) is 5. The molecule has 0 saturated carbocycles. The fourth-order valence-corrected chi connectivity index (χ4v) is 3.51. The number of nitrogens with zero attached hydrogens (tertiary/aromatic N) is 4. The second-order valence-electron chi connectivity index (χ2n) is 6.07. The highest BCUT2D eigenvalue weighted by molar-refractivity contribution is 7.89. The highest BCUT2D eigenvalue weighted by Gasteiger charge is 2.16. The molecular formula is C17H14FN5O2S. The summed E-state index contributed by atoms with van der Waals surface area (Å²) in [6.45, 7) is 2.22. The Bertz CT molecular complexity index is 1270. The zero-order valence-electron chi connectivity index (χ0n) is 13.7. The van der Waals surface area contributed by atoms with Crippen LogP contribution in [0, 0.1) is 12.7 Å². The quantitative estimate of drug-likeness (QED) is 0.594. The van der Waals surface area contributed by atoms with E-state index >= 15 is 0 Å². The van der Waals surface area contributed by atoms with Crippen LogP contribution in [-0.2, 0) is 16.6 Å². The lowest BCUT2D eigenvalue weighted by Crippen LogP contribution is -2.14. The minimum atomic E-state index is -4.10. The maximum absolute atomic E-state index is 14.1. The number of halogens is 1. The van der Waals surface area contributed by atoms with E-state index in [0.717, 1.165) is 34.1 Å². The zero-order valence-corrected chi connectivity index (χ0v) is 14.5. The van der Waals surface area contributed by atoms with Crippen molar-refractivity contribution in [1.29, 1.82) is 0 Å². The molecule has 0 saturated heterocycles. The highest BCUT2D eigenvalue weighted by Crippen LogP contribution is 2.24. The van der Waals surface area contributed by atoms with E-state index in [0.29, 0.717) is 11.1 Å². The van der Waals surface area contributed by atoms with Crippen molar-refractivity contribution in [2.24, 2.45) is 5.14 Å². The summed E-state index contributed by atoms with van der Waals surface area (Å²) in [7, 11) is -4.10. The lowest BCUT2D eigenvalue weighted by atomic mass is 10.1. The lowest BCUT2D eigenvalue weighted by Gasteiger charge is -2.08. The van der Waals surface area contributed by atoms with Gasteiger partial charge in [-0.25, -0.2) is 17.9 Å². The summed E-state index contributed by atoms with van der Waals surface area (Å²) in [5.74, 6) is -0.887. The van der Waals surface area contributed by atoms with Crippen molar-refractivity contribution in [3.63, 3.8) is 0 Å². The van der Waals surface area contributed by atoms with Crippen LogP contribution in [0.4, 0.5) is 4.39 Å². The summed E-state index contributed by atoms with van der Waals surface area (Å²) >= 11 is 0. The molecule has 0 radical (unpaired) electrons. The minimum Gasteiger partial charge on any atom is -0.258 e. The van der Waals surface area contributed by atoms with Crippen molar-refractivity contribution < 1.29 is 12.8 Å². The monoisotopic (exact) mass is 371 g/mol. The molecule has 4 aromatic rings. The van der Waals surface area contributed by atoms with Crippen LogP contribution in [-0.4, -0.2) is 28.4 Å². The van der Waals surface area contributed by atoms with Crippen molar-refractivity contribution in [2.75, 3.05) is 0 Å². The van der Waals surface area contributed by atoms with E-state index in [2.05, 4.69) is 15.3 Å². The average Bonchev–Trinajstić information content (AvgIpc) is 2.96. The molecule has 0 amide bonds. The zero-order chi connectivity index (χ0) is 18.5. The summed E-state index contributed by atoms with van der Waals surface area (Å²) in [5, 5.41) is 18.6. The molecule has 0 fully saturated rings. The molecule has 4 rings (SSSR count). The molecule has 2 aromatic carbocycles. The predicted octanol–water partition coefficient (Wildman–Crippen LogP) is 2.12. The van der Waals surface area contributed by atoms with E-state index in [1.54, 1.807) is 10.9 Å². The van der Waals surface area contributed by atoms with Crippen LogP contribution < -0.4 is 5.14 Å². The van der Waals surface area contributed by atoms with Crippen LogP contribution in [0.2, 0.25) is 0 Å². The Morgan fingerprint density at radius 2 is 1.88 bits per heavy atom. The molecule has 132 valence electrons. The molecule has 0 aliphatic rings. The van der Waals surface area contributed by atoms with Crippen LogP contribution in [0.5, 0.6) is 0 Å². The van der Waals surface area contributed by atoms with Gasteiger partial charge in [0.25, 0.3) is 0 Å². The topological polar surface area (TPSA) is 104 Å². The van der Waals surface area contributed by atoms with Gasteiger partial charge in [0.15, 0.2) is 0 Å². The third-order valence-electron chi connectivity index (χ3n) is 4.13. The third-order valence-corrected chi connectivity index (χ3v) is 5.07. The normalized spacial score (nSPS) is 12.1. The molecule has 0 spiro atoms. The van der Waals surface area contributed by atoms with Crippen molar-refractivity contribution >= 4 is 32.0 Å². The first kappa shape index (κ1) is 16.6. The number of sulfonamides is 1. The second kappa shape index (κ2) is 5.82. The molecule has 2 N–H and O–H groups in total. The molecule has 2 aromatic heterocycles. The Hall–Kier alpha value is -2.91. The summed E-state index contributed by atoms with van der Waals surface area (Å²) in [6.07, 6.45) is 1.59. The summed E-state index contributed by atoms with van der Waals surface area (Å²) in [4.78, 5) is -0.529. The number of benzene rings is 2. The molecule has 0 aliphatic carbocycles. The van der Waals surface area contributed by atoms with Crippen LogP contribution in [0.15, 0.2) is 47.5 Å². The molecule has 2 heterocycles. The number of hydrogen-bond donors (Lipinski definition) is 1. The van der Waals surface area contributed by atoms with Crippen LogP contribution in [0.25, 0.3) is 21.9 Å². The van der Waals surface area contributed by atoms with Crippen molar-refractivity contribution in [2.45, 2.75) is 18.4 Å². The van der Waals surface area contributed by atoms with E-state index in [4.69, 9.17) is 5.14 Å². The Labute approximate surface area is 148 Å². The Balaban J connectivity index is 1.82.